The van der Waals surface area contributed by atoms with Gasteiger partial charge in [0, 0.05) is 60.4 Å². The zero-order chi connectivity index (χ0) is 36.9. The van der Waals surface area contributed by atoms with E-state index >= 15 is 0 Å². The highest BCUT2D eigenvalue weighted by Gasteiger charge is 2.40. The molecule has 6 aliphatic carbocycles. The second kappa shape index (κ2) is 22.1. The molecular weight excluding hydrogens is 599 g/mol. The van der Waals surface area contributed by atoms with Gasteiger partial charge in [-0.05, 0) is 121 Å². The number of rotatable bonds is 10. The summed E-state index contributed by atoms with van der Waals surface area (Å²) < 4.78 is 0. The Hall–Kier alpha value is -0.200. The van der Waals surface area contributed by atoms with Crippen LogP contribution < -0.4 is 21.3 Å². The summed E-state index contributed by atoms with van der Waals surface area (Å²) >= 11 is 0. The van der Waals surface area contributed by atoms with Gasteiger partial charge in [-0.3, -0.25) is 0 Å². The van der Waals surface area contributed by atoms with Crippen molar-refractivity contribution in [3.05, 3.63) is 0 Å². The smallest absolute Gasteiger partial charge is 0.0100 e. The van der Waals surface area contributed by atoms with Gasteiger partial charge in [-0.2, -0.15) is 0 Å². The van der Waals surface area contributed by atoms with Gasteiger partial charge in [-0.25, -0.2) is 0 Å². The molecule has 5 nitrogen and oxygen atoms in total. The van der Waals surface area contributed by atoms with Gasteiger partial charge in [0.15, 0.2) is 0 Å². The summed E-state index contributed by atoms with van der Waals surface area (Å²) in [7, 11) is 2.23. The molecule has 0 aromatic heterocycles. The number of nitrogens with zero attached hydrogens (tertiary/aromatic N) is 1. The molecule has 4 bridgehead atoms. The molecule has 6 rings (SSSR count). The molecule has 0 aromatic carbocycles. The first-order chi connectivity index (χ1) is 22.8. The Bertz CT molecular complexity index is 805. The van der Waals surface area contributed by atoms with Crippen molar-refractivity contribution >= 4 is 0 Å². The Morgan fingerprint density at radius 2 is 0.939 bits per heavy atom. The molecule has 0 heterocycles. The molecule has 292 valence electrons. The summed E-state index contributed by atoms with van der Waals surface area (Å²) in [5, 5.41) is 14.3. The lowest BCUT2D eigenvalue weighted by atomic mass is 9.88. The van der Waals surface area contributed by atoms with Crippen molar-refractivity contribution in [1.29, 1.82) is 0 Å². The topological polar surface area (TPSA) is 51.4 Å². The third-order valence-corrected chi connectivity index (χ3v) is 12.6. The maximum Gasteiger partial charge on any atom is 0.0100 e. The molecule has 7 unspecified atom stereocenters. The summed E-state index contributed by atoms with van der Waals surface area (Å²) in [6.07, 6.45) is 20.5. The summed E-state index contributed by atoms with van der Waals surface area (Å²) in [5.74, 6) is 4.22. The Balaban J connectivity index is 0.000000214. The molecule has 6 saturated carbocycles. The first kappa shape index (κ1) is 45.0. The molecule has 7 atom stereocenters. The van der Waals surface area contributed by atoms with E-state index in [1.807, 2.05) is 0 Å². The van der Waals surface area contributed by atoms with E-state index in [0.717, 1.165) is 53.9 Å². The van der Waals surface area contributed by atoms with Crippen molar-refractivity contribution in [2.75, 3.05) is 7.05 Å². The summed E-state index contributed by atoms with van der Waals surface area (Å²) in [6, 6.07) is 7.46. The van der Waals surface area contributed by atoms with Crippen molar-refractivity contribution in [2.45, 2.75) is 247 Å². The quantitative estimate of drug-likeness (QED) is 0.184. The van der Waals surface area contributed by atoms with Crippen LogP contribution in [0, 0.1) is 29.1 Å². The summed E-state index contributed by atoms with van der Waals surface area (Å²) in [6.45, 7) is 31.3. The monoisotopic (exact) mass is 690 g/mol. The Kier molecular flexibility index (Phi) is 20.3. The van der Waals surface area contributed by atoms with Crippen molar-refractivity contribution in [2.24, 2.45) is 29.1 Å². The molecule has 0 amide bonds. The molecule has 0 aliphatic heterocycles. The zero-order valence-corrected chi connectivity index (χ0v) is 35.9. The van der Waals surface area contributed by atoms with Crippen LogP contribution in [0.3, 0.4) is 0 Å². The molecule has 0 radical (unpaired) electrons. The summed E-state index contributed by atoms with van der Waals surface area (Å²) in [5.41, 5.74) is 0.379. The van der Waals surface area contributed by atoms with E-state index in [1.165, 1.54) is 89.9 Å². The van der Waals surface area contributed by atoms with Crippen LogP contribution in [0.1, 0.15) is 187 Å². The van der Waals surface area contributed by atoms with Crippen LogP contribution in [0.4, 0.5) is 0 Å². The maximum atomic E-state index is 3.67. The van der Waals surface area contributed by atoms with Crippen LogP contribution in [0.2, 0.25) is 0 Å². The minimum absolute atomic E-state index is 0.379. The standard InChI is InChI=1S/2C10H19N.C9H21N.C8H17N.C7H15N/c2*1-7(2)11-10-6-8-3-4-9(10)5-8;1-7(2)10-8(3)9(4,5)6;1-7(2)9(3)8-5-4-6-8;1-6(2)8-7-4-3-5-7/h2*7-11H,3-6H2,1-2H3;7-8,10H,1-6H3;7-8H,4-6H2,1-3H3;6-8H,3-5H2,1-2H3. The molecule has 6 fully saturated rings. The second-order valence-electron chi connectivity index (χ2n) is 19.9. The van der Waals surface area contributed by atoms with E-state index in [1.54, 1.807) is 0 Å². The maximum absolute atomic E-state index is 3.67. The lowest BCUT2D eigenvalue weighted by molar-refractivity contribution is 0.126. The van der Waals surface area contributed by atoms with Gasteiger partial charge in [-0.1, -0.05) is 102 Å². The molecule has 4 N–H and O–H groups in total. The first-order valence-corrected chi connectivity index (χ1v) is 21.6. The number of hydrogen-bond donors (Lipinski definition) is 4. The van der Waals surface area contributed by atoms with Gasteiger partial charge < -0.3 is 26.2 Å². The van der Waals surface area contributed by atoms with Crippen molar-refractivity contribution in [3.8, 4) is 0 Å². The Morgan fingerprint density at radius 3 is 1.10 bits per heavy atom. The normalized spacial score (nSPS) is 29.6. The fraction of sp³-hybridized carbons (Fsp3) is 1.00. The average Bonchev–Trinajstić information content (AvgIpc) is 3.73. The number of hydrogen-bond acceptors (Lipinski definition) is 5. The SMILES string of the molecule is CC(C)N(C)C1CCC1.CC(C)NC(C)C(C)(C)C.CC(C)NC1CC2CCC1C2.CC(C)NC1CC2CCC1C2.CC(C)NC1CCC1. The largest absolute Gasteiger partial charge is 0.312 e. The van der Waals surface area contributed by atoms with Crippen LogP contribution in [0.15, 0.2) is 0 Å². The van der Waals surface area contributed by atoms with Crippen LogP contribution in [0.25, 0.3) is 0 Å². The minimum Gasteiger partial charge on any atom is -0.312 e. The van der Waals surface area contributed by atoms with Crippen molar-refractivity contribution in [1.82, 2.24) is 26.2 Å². The molecule has 0 aromatic rings. The Labute approximate surface area is 308 Å². The number of nitrogens with one attached hydrogen (secondary N) is 4. The van der Waals surface area contributed by atoms with E-state index in [0.29, 0.717) is 35.6 Å². The van der Waals surface area contributed by atoms with Crippen molar-refractivity contribution in [3.63, 3.8) is 0 Å². The summed E-state index contributed by atoms with van der Waals surface area (Å²) in [4.78, 5) is 2.48. The predicted octanol–water partition coefficient (Wildman–Crippen LogP) is 10.2. The zero-order valence-electron chi connectivity index (χ0n) is 35.9. The van der Waals surface area contributed by atoms with Gasteiger partial charge in [-0.15, -0.1) is 0 Å². The third-order valence-electron chi connectivity index (χ3n) is 12.6. The van der Waals surface area contributed by atoms with Gasteiger partial charge in [0.2, 0.25) is 0 Å². The highest BCUT2D eigenvalue weighted by Crippen LogP contribution is 2.45. The molecular formula is C44H91N5. The van der Waals surface area contributed by atoms with E-state index < -0.39 is 0 Å². The van der Waals surface area contributed by atoms with Crippen LogP contribution >= 0.6 is 0 Å². The average molecular weight is 690 g/mol. The van der Waals surface area contributed by atoms with E-state index in [9.17, 15) is 0 Å². The fourth-order valence-corrected chi connectivity index (χ4v) is 8.77. The molecule has 0 saturated heterocycles. The van der Waals surface area contributed by atoms with Gasteiger partial charge >= 0.3 is 0 Å². The van der Waals surface area contributed by atoms with Crippen LogP contribution in [0.5, 0.6) is 0 Å². The molecule has 0 spiro atoms. The fourth-order valence-electron chi connectivity index (χ4n) is 8.77. The lowest BCUT2D eigenvalue weighted by Crippen LogP contribution is -2.41. The van der Waals surface area contributed by atoms with Gasteiger partial charge in [0.1, 0.15) is 0 Å². The third kappa shape index (κ3) is 17.5. The predicted molar refractivity (Wildman–Crippen MR) is 219 cm³/mol. The molecule has 49 heavy (non-hydrogen) atoms. The van der Waals surface area contributed by atoms with Crippen LogP contribution in [-0.2, 0) is 0 Å². The van der Waals surface area contributed by atoms with Gasteiger partial charge in [0.05, 0.1) is 0 Å². The highest BCUT2D eigenvalue weighted by molar-refractivity contribution is 4.95. The second-order valence-corrected chi connectivity index (χ2v) is 19.9. The van der Waals surface area contributed by atoms with E-state index in [4.69, 9.17) is 0 Å². The minimum atomic E-state index is 0.379. The molecule has 6 aliphatic rings. The van der Waals surface area contributed by atoms with Gasteiger partial charge in [0.25, 0.3) is 0 Å². The van der Waals surface area contributed by atoms with Crippen molar-refractivity contribution < 1.29 is 0 Å². The van der Waals surface area contributed by atoms with Crippen LogP contribution in [-0.4, -0.2) is 72.4 Å². The lowest BCUT2D eigenvalue weighted by Gasteiger charge is -2.37. The van der Waals surface area contributed by atoms with E-state index in [-0.39, 0.29) is 0 Å². The Morgan fingerprint density at radius 1 is 0.510 bits per heavy atom. The molecule has 5 heteroatoms. The highest BCUT2D eigenvalue weighted by atomic mass is 15.2. The first-order valence-electron chi connectivity index (χ1n) is 21.6. The number of fused-ring (bicyclic) bond motifs is 4. The van der Waals surface area contributed by atoms with E-state index in [2.05, 4.69) is 130 Å².